The molecule has 0 radical (unpaired) electrons. The van der Waals surface area contributed by atoms with Crippen LogP contribution in [0.15, 0.2) is 48.5 Å². The van der Waals surface area contributed by atoms with E-state index in [1.165, 1.54) is 0 Å². The van der Waals surface area contributed by atoms with Crippen molar-refractivity contribution in [1.29, 1.82) is 0 Å². The number of aromatic amines is 1. The molecule has 4 rings (SSSR count). The molecule has 0 bridgehead atoms. The van der Waals surface area contributed by atoms with Gasteiger partial charge in [0.2, 0.25) is 5.75 Å². The third-order valence-corrected chi connectivity index (χ3v) is 5.90. The molecule has 35 heavy (non-hydrogen) atoms. The highest BCUT2D eigenvalue weighted by Gasteiger charge is 2.25. The molecule has 1 fully saturated rings. The van der Waals surface area contributed by atoms with E-state index in [1.54, 1.807) is 12.1 Å². The molecule has 0 aliphatic carbocycles. The largest absolute Gasteiger partial charge is 0.490 e. The molecule has 0 unspecified atom stereocenters. The van der Waals surface area contributed by atoms with Crippen LogP contribution >= 0.6 is 0 Å². The number of amides is 1. The standard InChI is InChI=1S/C27H34N4O4/c1-4-33-23-15-20(16-24(34-5-2)26(23)35-6-3)27(32)28-21-13-10-14-31(18-21)25-17-22(29-30-25)19-11-8-7-9-12-19/h7-9,11-12,15-17,21H,4-6,10,13-14,18H2,1-3H3,(H,28,32)(H,29,30)/t21-/m1/s1. The fourth-order valence-electron chi connectivity index (χ4n) is 4.33. The van der Waals surface area contributed by atoms with Gasteiger partial charge in [0.05, 0.1) is 25.5 Å². The Morgan fingerprint density at radius 1 is 1.03 bits per heavy atom. The minimum atomic E-state index is -0.159. The Hall–Kier alpha value is -3.68. The molecule has 8 nitrogen and oxygen atoms in total. The summed E-state index contributed by atoms with van der Waals surface area (Å²) >= 11 is 0. The van der Waals surface area contributed by atoms with E-state index in [2.05, 4.69) is 38.6 Å². The number of nitrogens with one attached hydrogen (secondary N) is 2. The summed E-state index contributed by atoms with van der Waals surface area (Å²) in [6, 6.07) is 15.7. The number of anilines is 1. The third kappa shape index (κ3) is 5.88. The van der Waals surface area contributed by atoms with Crippen LogP contribution in [0.2, 0.25) is 0 Å². The number of carbonyl (C=O) groups excluding carboxylic acids is 1. The zero-order chi connectivity index (χ0) is 24.6. The van der Waals surface area contributed by atoms with Gasteiger partial charge in [0.15, 0.2) is 17.3 Å². The number of benzene rings is 2. The summed E-state index contributed by atoms with van der Waals surface area (Å²) in [5.74, 6) is 2.29. The topological polar surface area (TPSA) is 88.7 Å². The minimum absolute atomic E-state index is 0.00535. The lowest BCUT2D eigenvalue weighted by atomic mass is 10.0. The van der Waals surface area contributed by atoms with Gasteiger partial charge in [0.1, 0.15) is 0 Å². The van der Waals surface area contributed by atoms with Crippen LogP contribution in [0, 0.1) is 0 Å². The molecule has 1 saturated heterocycles. The molecule has 1 amide bonds. The molecule has 1 aromatic heterocycles. The Morgan fingerprint density at radius 2 is 1.71 bits per heavy atom. The van der Waals surface area contributed by atoms with Crippen molar-refractivity contribution in [2.75, 3.05) is 37.8 Å². The van der Waals surface area contributed by atoms with Gasteiger partial charge in [-0.1, -0.05) is 30.3 Å². The summed E-state index contributed by atoms with van der Waals surface area (Å²) in [4.78, 5) is 15.4. The number of carbonyl (C=O) groups is 1. The van der Waals surface area contributed by atoms with Crippen LogP contribution in [0.1, 0.15) is 44.0 Å². The first kappa shape index (κ1) is 24.4. The van der Waals surface area contributed by atoms with Crippen LogP contribution in [-0.4, -0.2) is 55.1 Å². The average molecular weight is 479 g/mol. The zero-order valence-corrected chi connectivity index (χ0v) is 20.7. The van der Waals surface area contributed by atoms with E-state index in [-0.39, 0.29) is 11.9 Å². The molecule has 2 heterocycles. The van der Waals surface area contributed by atoms with Crippen LogP contribution in [-0.2, 0) is 0 Å². The highest BCUT2D eigenvalue weighted by atomic mass is 16.5. The van der Waals surface area contributed by atoms with Gasteiger partial charge in [-0.05, 0) is 51.3 Å². The van der Waals surface area contributed by atoms with E-state index >= 15 is 0 Å². The van der Waals surface area contributed by atoms with Gasteiger partial charge in [0, 0.05) is 30.8 Å². The molecule has 1 aliphatic rings. The van der Waals surface area contributed by atoms with Gasteiger partial charge < -0.3 is 24.4 Å². The van der Waals surface area contributed by atoms with Crippen molar-refractivity contribution in [3.05, 3.63) is 54.1 Å². The van der Waals surface area contributed by atoms with Crippen LogP contribution in [0.4, 0.5) is 5.82 Å². The molecule has 8 heteroatoms. The predicted octanol–water partition coefficient (Wildman–Crippen LogP) is 4.67. The van der Waals surface area contributed by atoms with Crippen molar-refractivity contribution in [1.82, 2.24) is 15.5 Å². The number of hydrogen-bond acceptors (Lipinski definition) is 6. The maximum Gasteiger partial charge on any atom is 0.251 e. The molecule has 186 valence electrons. The van der Waals surface area contributed by atoms with E-state index in [4.69, 9.17) is 14.2 Å². The fraction of sp³-hybridized carbons (Fsp3) is 0.407. The van der Waals surface area contributed by atoms with Crippen molar-refractivity contribution >= 4 is 11.7 Å². The molecule has 2 N–H and O–H groups in total. The summed E-state index contributed by atoms with van der Waals surface area (Å²) in [6.07, 6.45) is 1.88. The fourth-order valence-corrected chi connectivity index (χ4v) is 4.33. The average Bonchev–Trinajstić information content (AvgIpc) is 3.37. The number of H-pyrrole nitrogens is 1. The zero-order valence-electron chi connectivity index (χ0n) is 20.7. The summed E-state index contributed by atoms with van der Waals surface area (Å²) in [5, 5.41) is 10.8. The van der Waals surface area contributed by atoms with Gasteiger partial charge in [-0.15, -0.1) is 0 Å². The number of hydrogen-bond donors (Lipinski definition) is 2. The first-order valence-electron chi connectivity index (χ1n) is 12.4. The lowest BCUT2D eigenvalue weighted by Crippen LogP contribution is -2.48. The molecule has 0 spiro atoms. The van der Waals surface area contributed by atoms with Crippen molar-refractivity contribution in [2.45, 2.75) is 39.7 Å². The molecule has 0 saturated carbocycles. The van der Waals surface area contributed by atoms with Gasteiger partial charge in [-0.25, -0.2) is 0 Å². The number of piperidine rings is 1. The summed E-state index contributed by atoms with van der Waals surface area (Å²) < 4.78 is 17.3. The van der Waals surface area contributed by atoms with Gasteiger partial charge in [-0.2, -0.15) is 5.10 Å². The van der Waals surface area contributed by atoms with Gasteiger partial charge >= 0.3 is 0 Å². The summed E-state index contributed by atoms with van der Waals surface area (Å²) in [6.45, 7) is 8.70. The van der Waals surface area contributed by atoms with Crippen LogP contribution in [0.5, 0.6) is 17.2 Å². The number of ether oxygens (including phenoxy) is 3. The molecule has 1 aliphatic heterocycles. The van der Waals surface area contributed by atoms with Crippen LogP contribution in [0.3, 0.4) is 0 Å². The minimum Gasteiger partial charge on any atom is -0.490 e. The van der Waals surface area contributed by atoms with Crippen molar-refractivity contribution in [3.63, 3.8) is 0 Å². The van der Waals surface area contributed by atoms with Gasteiger partial charge in [-0.3, -0.25) is 9.89 Å². The predicted molar refractivity (Wildman–Crippen MR) is 137 cm³/mol. The van der Waals surface area contributed by atoms with Crippen molar-refractivity contribution < 1.29 is 19.0 Å². The summed E-state index contributed by atoms with van der Waals surface area (Å²) in [7, 11) is 0. The molecule has 1 atom stereocenters. The van der Waals surface area contributed by atoms with E-state index in [0.717, 1.165) is 36.5 Å². The van der Waals surface area contributed by atoms with Gasteiger partial charge in [0.25, 0.3) is 5.91 Å². The highest BCUT2D eigenvalue weighted by molar-refractivity contribution is 5.96. The Balaban J connectivity index is 1.47. The van der Waals surface area contributed by atoms with E-state index < -0.39 is 0 Å². The highest BCUT2D eigenvalue weighted by Crippen LogP contribution is 2.39. The molecule has 2 aromatic carbocycles. The Labute approximate surface area is 206 Å². The normalized spacial score (nSPS) is 15.5. The summed E-state index contributed by atoms with van der Waals surface area (Å²) in [5.41, 5.74) is 2.57. The maximum atomic E-state index is 13.2. The lowest BCUT2D eigenvalue weighted by Gasteiger charge is -2.33. The lowest BCUT2D eigenvalue weighted by molar-refractivity contribution is 0.0932. The first-order valence-corrected chi connectivity index (χ1v) is 12.4. The van der Waals surface area contributed by atoms with Crippen molar-refractivity contribution in [3.8, 4) is 28.5 Å². The smallest absolute Gasteiger partial charge is 0.251 e. The molecular formula is C27H34N4O4. The Bertz CT molecular complexity index is 1090. The van der Waals surface area contributed by atoms with E-state index in [0.29, 0.717) is 49.2 Å². The second kappa shape index (κ2) is 11.6. The molecule has 3 aromatic rings. The van der Waals surface area contributed by atoms with E-state index in [9.17, 15) is 4.79 Å². The quantitative estimate of drug-likeness (QED) is 0.440. The molecular weight excluding hydrogens is 444 g/mol. The van der Waals surface area contributed by atoms with Crippen LogP contribution in [0.25, 0.3) is 11.3 Å². The number of aromatic nitrogens is 2. The maximum absolute atomic E-state index is 13.2. The number of nitrogens with zero attached hydrogens (tertiary/aromatic N) is 2. The first-order chi connectivity index (χ1) is 17.1. The SMILES string of the molecule is CCOc1cc(C(=O)N[C@@H]2CCCN(c3cc(-c4ccccc4)[nH]n3)C2)cc(OCC)c1OCC. The second-order valence-electron chi connectivity index (χ2n) is 8.37. The Morgan fingerprint density at radius 3 is 2.37 bits per heavy atom. The monoisotopic (exact) mass is 478 g/mol. The van der Waals surface area contributed by atoms with Crippen molar-refractivity contribution in [2.24, 2.45) is 0 Å². The van der Waals surface area contributed by atoms with E-state index in [1.807, 2.05) is 39.0 Å². The Kier molecular flexibility index (Phi) is 8.13. The van der Waals surface area contributed by atoms with Crippen LogP contribution < -0.4 is 24.4 Å². The number of rotatable bonds is 10. The third-order valence-electron chi connectivity index (χ3n) is 5.90. The second-order valence-corrected chi connectivity index (χ2v) is 8.37.